The van der Waals surface area contributed by atoms with Crippen LogP contribution in [-0.4, -0.2) is 61.1 Å². The predicted molar refractivity (Wildman–Crippen MR) is 147 cm³/mol. The normalized spacial score (nSPS) is 13.6. The van der Waals surface area contributed by atoms with Crippen LogP contribution in [0.25, 0.3) is 0 Å². The molecular formula is C27H35N5O5S. The van der Waals surface area contributed by atoms with E-state index in [4.69, 9.17) is 4.74 Å². The number of nitrogens with one attached hydrogen (secondary N) is 4. The number of ether oxygens (including phenoxy) is 1. The second-order valence-electron chi connectivity index (χ2n) is 8.75. The molecule has 1 heterocycles. The molecule has 10 nitrogen and oxygen atoms in total. The lowest BCUT2D eigenvalue weighted by Crippen LogP contribution is -2.43. The average Bonchev–Trinajstić information content (AvgIpc) is 2.93. The molecule has 0 spiro atoms. The predicted octanol–water partition coefficient (Wildman–Crippen LogP) is 2.74. The summed E-state index contributed by atoms with van der Waals surface area (Å²) >= 11 is 1.18. The summed E-state index contributed by atoms with van der Waals surface area (Å²) in [6.07, 6.45) is 3.82. The Labute approximate surface area is 227 Å². The fourth-order valence-electron chi connectivity index (χ4n) is 3.45. The average molecular weight is 542 g/mol. The summed E-state index contributed by atoms with van der Waals surface area (Å²) in [6, 6.07) is 13.3. The molecule has 0 aromatic heterocycles. The van der Waals surface area contributed by atoms with E-state index < -0.39 is 12.0 Å². The molecule has 38 heavy (non-hydrogen) atoms. The van der Waals surface area contributed by atoms with Crippen LogP contribution in [0.3, 0.4) is 0 Å². The molecule has 11 heteroatoms. The number of carbonyl (C=O) groups is 3. The maximum absolute atomic E-state index is 12.6. The number of nitrogens with zero attached hydrogens (tertiary/aromatic N) is 1. The fraction of sp³-hybridized carbons (Fsp3) is 0.407. The smallest absolute Gasteiger partial charge is 0.323 e. The number of unbranched alkanes of at least 4 members (excludes halogenated alkanes) is 1. The monoisotopic (exact) mass is 541 g/mol. The van der Waals surface area contributed by atoms with Gasteiger partial charge in [0, 0.05) is 36.5 Å². The molecule has 2 amide bonds. The van der Waals surface area contributed by atoms with Gasteiger partial charge in [-0.2, -0.15) is 0 Å². The van der Waals surface area contributed by atoms with E-state index in [2.05, 4.69) is 32.6 Å². The number of hydrogen-bond donors (Lipinski definition) is 5. The van der Waals surface area contributed by atoms with Crippen LogP contribution in [0.5, 0.6) is 5.75 Å². The molecule has 1 aliphatic rings. The van der Waals surface area contributed by atoms with Crippen molar-refractivity contribution in [3.8, 4) is 5.75 Å². The van der Waals surface area contributed by atoms with Crippen molar-refractivity contribution >= 4 is 35.7 Å². The molecule has 5 N–H and O–H groups in total. The van der Waals surface area contributed by atoms with E-state index in [0.29, 0.717) is 37.5 Å². The van der Waals surface area contributed by atoms with Gasteiger partial charge in [0.1, 0.15) is 11.8 Å². The molecule has 2 aromatic rings. The Morgan fingerprint density at radius 2 is 1.89 bits per heavy atom. The van der Waals surface area contributed by atoms with Gasteiger partial charge in [-0.25, -0.2) is 4.72 Å². The summed E-state index contributed by atoms with van der Waals surface area (Å²) < 4.78 is 8.53. The first-order valence-electron chi connectivity index (χ1n) is 12.8. The summed E-state index contributed by atoms with van der Waals surface area (Å²) in [7, 11) is 0. The second kappa shape index (κ2) is 15.6. The third kappa shape index (κ3) is 10.1. The van der Waals surface area contributed by atoms with E-state index in [1.807, 2.05) is 24.3 Å². The van der Waals surface area contributed by atoms with Crippen LogP contribution >= 0.6 is 11.9 Å². The number of benzene rings is 2. The van der Waals surface area contributed by atoms with Crippen molar-refractivity contribution in [3.05, 3.63) is 59.7 Å². The van der Waals surface area contributed by atoms with E-state index in [1.165, 1.54) is 11.9 Å². The first-order valence-corrected chi connectivity index (χ1v) is 13.6. The molecule has 0 bridgehead atoms. The molecule has 0 saturated heterocycles. The second-order valence-corrected chi connectivity index (χ2v) is 9.66. The lowest BCUT2D eigenvalue weighted by molar-refractivity contribution is -0.138. The zero-order valence-electron chi connectivity index (χ0n) is 21.5. The number of rotatable bonds is 14. The van der Waals surface area contributed by atoms with Gasteiger partial charge in [-0.05, 0) is 73.2 Å². The highest BCUT2D eigenvalue weighted by Crippen LogP contribution is 2.20. The maximum Gasteiger partial charge on any atom is 0.323 e. The number of carboxylic acids is 1. The summed E-state index contributed by atoms with van der Waals surface area (Å²) in [5.74, 6) is -0.277. The first-order chi connectivity index (χ1) is 18.4. The number of amides is 2. The van der Waals surface area contributed by atoms with Crippen molar-refractivity contribution < 1.29 is 24.2 Å². The van der Waals surface area contributed by atoms with Crippen LogP contribution in [0.1, 0.15) is 48.5 Å². The Morgan fingerprint density at radius 1 is 1.13 bits per heavy atom. The molecular weight excluding hydrogens is 506 g/mol. The number of aryl methyl sites for hydroxylation is 1. The van der Waals surface area contributed by atoms with E-state index in [1.54, 1.807) is 24.3 Å². The molecule has 204 valence electrons. The van der Waals surface area contributed by atoms with Gasteiger partial charge in [0.05, 0.1) is 6.61 Å². The van der Waals surface area contributed by atoms with Crippen molar-refractivity contribution in [1.29, 1.82) is 0 Å². The van der Waals surface area contributed by atoms with Gasteiger partial charge in [-0.1, -0.05) is 25.5 Å². The van der Waals surface area contributed by atoms with Crippen molar-refractivity contribution in [2.24, 2.45) is 4.99 Å². The van der Waals surface area contributed by atoms with Crippen molar-refractivity contribution in [3.63, 3.8) is 0 Å². The maximum atomic E-state index is 12.6. The molecule has 0 fully saturated rings. The standard InChI is InChI=1S/C27H35N5O5S/c1-2-3-17-37-21-10-12-22(13-11-21)38-32-23(26(35)36)18-30-25(34)20-8-5-19(6-9-20)7-14-24(33)31-27-28-15-4-16-29-27/h5-6,8-13,23,32H,2-4,7,14-18H2,1H3,(H,30,34)(H,35,36)(H2,28,29,31,33). The SMILES string of the molecule is CCCCOc1ccc(SNC(CNC(=O)c2ccc(CCC(=O)NC3=NCCCN3)cc2)C(=O)O)cc1. The number of aliphatic imine (C=N–C) groups is 1. The van der Waals surface area contributed by atoms with Crippen LogP contribution in [0.2, 0.25) is 0 Å². The number of carboxylic acid groups (broad SMARTS) is 1. The zero-order chi connectivity index (χ0) is 27.2. The highest BCUT2D eigenvalue weighted by molar-refractivity contribution is 7.97. The highest BCUT2D eigenvalue weighted by atomic mass is 32.2. The molecule has 0 aliphatic carbocycles. The molecule has 1 aliphatic heterocycles. The fourth-order valence-corrected chi connectivity index (χ4v) is 4.18. The lowest BCUT2D eigenvalue weighted by Gasteiger charge is -2.15. The van der Waals surface area contributed by atoms with Gasteiger partial charge in [0.15, 0.2) is 5.96 Å². The number of guanidine groups is 1. The number of carbonyl (C=O) groups excluding carboxylic acids is 2. The molecule has 0 saturated carbocycles. The minimum absolute atomic E-state index is 0.0841. The molecule has 1 atom stereocenters. The van der Waals surface area contributed by atoms with E-state index in [9.17, 15) is 19.5 Å². The van der Waals surface area contributed by atoms with Crippen LogP contribution in [-0.2, 0) is 16.0 Å². The van der Waals surface area contributed by atoms with Crippen molar-refractivity contribution in [1.82, 2.24) is 20.7 Å². The van der Waals surface area contributed by atoms with Crippen LogP contribution in [0.4, 0.5) is 0 Å². The summed E-state index contributed by atoms with van der Waals surface area (Å²) in [5.41, 5.74) is 1.33. The van der Waals surface area contributed by atoms with E-state index in [0.717, 1.165) is 42.0 Å². The molecule has 0 radical (unpaired) electrons. The summed E-state index contributed by atoms with van der Waals surface area (Å²) in [6.45, 7) is 4.18. The minimum atomic E-state index is -1.07. The molecule has 1 unspecified atom stereocenters. The Kier molecular flexibility index (Phi) is 11.9. The third-order valence-electron chi connectivity index (χ3n) is 5.69. The zero-order valence-corrected chi connectivity index (χ0v) is 22.3. The number of aliphatic carboxylic acids is 1. The number of hydrogen-bond acceptors (Lipinski definition) is 8. The molecule has 2 aromatic carbocycles. The van der Waals surface area contributed by atoms with Crippen molar-refractivity contribution in [2.75, 3.05) is 26.2 Å². The largest absolute Gasteiger partial charge is 0.494 e. The van der Waals surface area contributed by atoms with Crippen LogP contribution < -0.4 is 25.4 Å². The Hall–Kier alpha value is -3.57. The quantitative estimate of drug-likeness (QED) is 0.182. The molecule has 3 rings (SSSR count). The topological polar surface area (TPSA) is 141 Å². The van der Waals surface area contributed by atoms with Crippen LogP contribution in [0.15, 0.2) is 58.4 Å². The summed E-state index contributed by atoms with van der Waals surface area (Å²) in [4.78, 5) is 41.4. The van der Waals surface area contributed by atoms with Gasteiger partial charge in [0.25, 0.3) is 5.91 Å². The Balaban J connectivity index is 1.41. The summed E-state index contributed by atoms with van der Waals surface area (Å²) in [5, 5.41) is 18.0. The van der Waals surface area contributed by atoms with E-state index in [-0.39, 0.29) is 18.4 Å². The van der Waals surface area contributed by atoms with Gasteiger partial charge in [-0.15, -0.1) is 0 Å². The van der Waals surface area contributed by atoms with E-state index >= 15 is 0 Å². The van der Waals surface area contributed by atoms with Crippen LogP contribution in [0, 0.1) is 0 Å². The lowest BCUT2D eigenvalue weighted by atomic mass is 10.1. The van der Waals surface area contributed by atoms with Gasteiger partial charge >= 0.3 is 5.97 Å². The highest BCUT2D eigenvalue weighted by Gasteiger charge is 2.19. The minimum Gasteiger partial charge on any atom is -0.494 e. The first kappa shape index (κ1) is 29.0. The van der Waals surface area contributed by atoms with Gasteiger partial charge in [-0.3, -0.25) is 24.7 Å². The van der Waals surface area contributed by atoms with Crippen molar-refractivity contribution in [2.45, 2.75) is 50.0 Å². The van der Waals surface area contributed by atoms with Gasteiger partial charge < -0.3 is 20.5 Å². The van der Waals surface area contributed by atoms with Gasteiger partial charge in [0.2, 0.25) is 5.91 Å². The Morgan fingerprint density at radius 3 is 2.55 bits per heavy atom. The Bertz CT molecular complexity index is 1090. The third-order valence-corrected chi connectivity index (χ3v) is 6.60.